The SMILES string of the molecule is CC(=O)C1CN1C(=O)OCc1ccccc1. The van der Waals surface area contributed by atoms with E-state index in [1.165, 1.54) is 11.8 Å². The smallest absolute Gasteiger partial charge is 0.410 e. The number of ether oxygens (including phenoxy) is 1. The normalized spacial score (nSPS) is 18.1. The fourth-order valence-electron chi connectivity index (χ4n) is 1.49. The van der Waals surface area contributed by atoms with Gasteiger partial charge in [-0.2, -0.15) is 0 Å². The molecule has 16 heavy (non-hydrogen) atoms. The van der Waals surface area contributed by atoms with E-state index >= 15 is 0 Å². The molecule has 0 aromatic heterocycles. The highest BCUT2D eigenvalue weighted by atomic mass is 16.6. The number of benzene rings is 1. The molecule has 1 amide bonds. The molecule has 84 valence electrons. The Morgan fingerprint density at radius 2 is 2.06 bits per heavy atom. The number of hydrogen-bond donors (Lipinski definition) is 0. The van der Waals surface area contributed by atoms with Gasteiger partial charge in [-0.3, -0.25) is 9.69 Å². The van der Waals surface area contributed by atoms with Crippen LogP contribution in [0.1, 0.15) is 12.5 Å². The summed E-state index contributed by atoms with van der Waals surface area (Å²) in [5.41, 5.74) is 0.942. The van der Waals surface area contributed by atoms with Gasteiger partial charge in [-0.1, -0.05) is 30.3 Å². The molecule has 1 aromatic carbocycles. The number of carbonyl (C=O) groups excluding carboxylic acids is 2. The Labute approximate surface area is 93.8 Å². The van der Waals surface area contributed by atoms with E-state index < -0.39 is 6.09 Å². The molecule has 1 unspecified atom stereocenters. The summed E-state index contributed by atoms with van der Waals surface area (Å²) in [6, 6.07) is 9.19. The number of carbonyl (C=O) groups is 2. The van der Waals surface area contributed by atoms with Crippen molar-refractivity contribution < 1.29 is 14.3 Å². The van der Waals surface area contributed by atoms with Crippen LogP contribution < -0.4 is 0 Å². The number of rotatable bonds is 3. The third-order valence-corrected chi connectivity index (χ3v) is 2.52. The highest BCUT2D eigenvalue weighted by Gasteiger charge is 2.42. The molecule has 0 aliphatic carbocycles. The molecular formula is C12H13NO3. The molecule has 0 spiro atoms. The lowest BCUT2D eigenvalue weighted by atomic mass is 10.2. The maximum absolute atomic E-state index is 11.4. The van der Waals surface area contributed by atoms with Crippen molar-refractivity contribution in [3.63, 3.8) is 0 Å². The molecule has 0 saturated carbocycles. The highest BCUT2D eigenvalue weighted by molar-refractivity contribution is 5.90. The molecule has 1 heterocycles. The predicted octanol–water partition coefficient (Wildman–Crippen LogP) is 1.60. The molecule has 2 rings (SSSR count). The van der Waals surface area contributed by atoms with Gasteiger partial charge in [0.25, 0.3) is 0 Å². The van der Waals surface area contributed by atoms with Gasteiger partial charge in [0.1, 0.15) is 12.6 Å². The summed E-state index contributed by atoms with van der Waals surface area (Å²) in [6.45, 7) is 2.22. The van der Waals surface area contributed by atoms with Crippen LogP contribution in [0, 0.1) is 0 Å². The van der Waals surface area contributed by atoms with Gasteiger partial charge < -0.3 is 4.74 Å². The standard InChI is InChI=1S/C12H13NO3/c1-9(14)11-7-13(11)12(15)16-8-10-5-3-2-4-6-10/h2-6,11H,7-8H2,1H3. The average Bonchev–Trinajstić information content (AvgIpc) is 3.07. The van der Waals surface area contributed by atoms with Crippen molar-refractivity contribution in [3.05, 3.63) is 35.9 Å². The first-order valence-electron chi connectivity index (χ1n) is 5.16. The molecule has 4 nitrogen and oxygen atoms in total. The zero-order chi connectivity index (χ0) is 11.5. The zero-order valence-corrected chi connectivity index (χ0v) is 9.05. The molecule has 0 N–H and O–H groups in total. The minimum atomic E-state index is -0.413. The van der Waals surface area contributed by atoms with Crippen molar-refractivity contribution in [1.82, 2.24) is 4.90 Å². The van der Waals surface area contributed by atoms with Crippen molar-refractivity contribution in [2.24, 2.45) is 0 Å². The molecule has 1 aliphatic heterocycles. The van der Waals surface area contributed by atoms with Crippen LogP contribution in [-0.4, -0.2) is 29.4 Å². The first kappa shape index (κ1) is 10.7. The van der Waals surface area contributed by atoms with Gasteiger partial charge in [-0.25, -0.2) is 4.79 Å². The number of nitrogens with zero attached hydrogens (tertiary/aromatic N) is 1. The number of amides is 1. The summed E-state index contributed by atoms with van der Waals surface area (Å²) in [5.74, 6) is 0.0108. The van der Waals surface area contributed by atoms with Gasteiger partial charge in [-0.15, -0.1) is 0 Å². The van der Waals surface area contributed by atoms with Crippen molar-refractivity contribution in [3.8, 4) is 0 Å². The molecule has 4 heteroatoms. The van der Waals surface area contributed by atoms with Crippen molar-refractivity contribution >= 4 is 11.9 Å². The van der Waals surface area contributed by atoms with Gasteiger partial charge in [0.05, 0.1) is 6.54 Å². The molecule has 1 saturated heterocycles. The van der Waals surface area contributed by atoms with Crippen molar-refractivity contribution in [2.45, 2.75) is 19.6 Å². The Balaban J connectivity index is 1.80. The fraction of sp³-hybridized carbons (Fsp3) is 0.333. The first-order chi connectivity index (χ1) is 7.68. The average molecular weight is 219 g/mol. The number of ketones is 1. The topological polar surface area (TPSA) is 46.4 Å². The number of Topliss-reactive ketones (excluding diaryl/α,β-unsaturated/α-hetero) is 1. The van der Waals surface area contributed by atoms with E-state index in [0.717, 1.165) is 5.56 Å². The van der Waals surface area contributed by atoms with Gasteiger partial charge in [-0.05, 0) is 12.5 Å². The van der Waals surface area contributed by atoms with Crippen LogP contribution in [0.2, 0.25) is 0 Å². The Bertz CT molecular complexity index is 402. The van der Waals surface area contributed by atoms with Gasteiger partial charge in [0.15, 0.2) is 5.78 Å². The van der Waals surface area contributed by atoms with Crippen molar-refractivity contribution in [2.75, 3.05) is 6.54 Å². The molecule has 0 bridgehead atoms. The lowest BCUT2D eigenvalue weighted by molar-refractivity contribution is -0.117. The van der Waals surface area contributed by atoms with Crippen LogP contribution in [0.3, 0.4) is 0 Å². The second-order valence-electron chi connectivity index (χ2n) is 3.82. The summed E-state index contributed by atoms with van der Waals surface area (Å²) >= 11 is 0. The van der Waals surface area contributed by atoms with Crippen LogP contribution in [0.15, 0.2) is 30.3 Å². The van der Waals surface area contributed by atoms with Crippen LogP contribution >= 0.6 is 0 Å². The Kier molecular flexibility index (Phi) is 2.90. The van der Waals surface area contributed by atoms with E-state index in [1.807, 2.05) is 30.3 Å². The van der Waals surface area contributed by atoms with Crippen molar-refractivity contribution in [1.29, 1.82) is 0 Å². The second kappa shape index (κ2) is 4.35. The van der Waals surface area contributed by atoms with Crippen LogP contribution in [0.25, 0.3) is 0 Å². The summed E-state index contributed by atoms with van der Waals surface area (Å²) in [7, 11) is 0. The summed E-state index contributed by atoms with van der Waals surface area (Å²) in [4.78, 5) is 23.8. The van der Waals surface area contributed by atoms with Crippen LogP contribution in [0.5, 0.6) is 0 Å². The van der Waals surface area contributed by atoms with Gasteiger partial charge >= 0.3 is 6.09 Å². The van der Waals surface area contributed by atoms with E-state index in [1.54, 1.807) is 0 Å². The largest absolute Gasteiger partial charge is 0.445 e. The maximum atomic E-state index is 11.4. The van der Waals surface area contributed by atoms with E-state index in [2.05, 4.69) is 0 Å². The van der Waals surface area contributed by atoms with E-state index in [0.29, 0.717) is 6.54 Å². The zero-order valence-electron chi connectivity index (χ0n) is 9.05. The van der Waals surface area contributed by atoms with Gasteiger partial charge in [0.2, 0.25) is 0 Å². The molecule has 1 aliphatic rings. The van der Waals surface area contributed by atoms with E-state index in [9.17, 15) is 9.59 Å². The van der Waals surface area contributed by atoms with Gasteiger partial charge in [0, 0.05) is 0 Å². The Hall–Kier alpha value is -1.84. The second-order valence-corrected chi connectivity index (χ2v) is 3.82. The monoisotopic (exact) mass is 219 g/mol. The lowest BCUT2D eigenvalue weighted by Crippen LogP contribution is -2.18. The summed E-state index contributed by atoms with van der Waals surface area (Å²) in [6.07, 6.45) is -0.413. The predicted molar refractivity (Wildman–Crippen MR) is 57.8 cm³/mol. The Morgan fingerprint density at radius 3 is 2.62 bits per heavy atom. The molecule has 1 aromatic rings. The molecule has 1 atom stereocenters. The minimum Gasteiger partial charge on any atom is -0.445 e. The van der Waals surface area contributed by atoms with E-state index in [4.69, 9.17) is 4.74 Å². The first-order valence-corrected chi connectivity index (χ1v) is 5.16. The summed E-state index contributed by atoms with van der Waals surface area (Å²) in [5, 5.41) is 0. The van der Waals surface area contributed by atoms with E-state index in [-0.39, 0.29) is 18.4 Å². The molecule has 1 fully saturated rings. The van der Waals surface area contributed by atoms with Crippen LogP contribution in [0.4, 0.5) is 4.79 Å². The molecular weight excluding hydrogens is 206 g/mol. The lowest BCUT2D eigenvalue weighted by Gasteiger charge is -2.05. The quantitative estimate of drug-likeness (QED) is 0.725. The molecule has 0 radical (unpaired) electrons. The minimum absolute atomic E-state index is 0.0108. The highest BCUT2D eigenvalue weighted by Crippen LogP contribution is 2.19. The Morgan fingerprint density at radius 1 is 1.38 bits per heavy atom. The fourth-order valence-corrected chi connectivity index (χ4v) is 1.49. The maximum Gasteiger partial charge on any atom is 0.410 e. The number of hydrogen-bond acceptors (Lipinski definition) is 3. The summed E-state index contributed by atoms with van der Waals surface area (Å²) < 4.78 is 5.07. The third-order valence-electron chi connectivity index (χ3n) is 2.52. The van der Waals surface area contributed by atoms with Crippen LogP contribution in [-0.2, 0) is 16.1 Å². The third kappa shape index (κ3) is 2.39.